The quantitative estimate of drug-likeness (QED) is 0.428. The Kier molecular flexibility index (Phi) is 8.30. The molecule has 37 heavy (non-hydrogen) atoms. The summed E-state index contributed by atoms with van der Waals surface area (Å²) in [6.45, 7) is 2.07. The molecule has 0 saturated heterocycles. The molecule has 192 valence electrons. The standard InChI is InChI=1S/C29H30FN3O4/c1-20-8-10-22(11-9-20)27-18-26(21-12-14-23(37-3)15-13-21)31-33(27)28(34)19-32(16-17-36-2)29(35)24-6-4-5-7-25(24)30/h4-15,27H,16-19H2,1-3H3/t27-/m1/s1. The predicted octanol–water partition coefficient (Wildman–Crippen LogP) is 4.61. The summed E-state index contributed by atoms with van der Waals surface area (Å²) >= 11 is 0. The Labute approximate surface area is 216 Å². The third-order valence-electron chi connectivity index (χ3n) is 6.33. The van der Waals surface area contributed by atoms with Crippen LogP contribution in [-0.4, -0.2) is 61.4 Å². The van der Waals surface area contributed by atoms with E-state index in [1.54, 1.807) is 13.2 Å². The zero-order valence-corrected chi connectivity index (χ0v) is 21.2. The van der Waals surface area contributed by atoms with Gasteiger partial charge in [0, 0.05) is 20.1 Å². The topological polar surface area (TPSA) is 71.4 Å². The number of rotatable bonds is 9. The first kappa shape index (κ1) is 26.0. The fourth-order valence-electron chi connectivity index (χ4n) is 4.24. The Hall–Kier alpha value is -4.04. The minimum Gasteiger partial charge on any atom is -0.497 e. The van der Waals surface area contributed by atoms with E-state index in [2.05, 4.69) is 0 Å². The zero-order chi connectivity index (χ0) is 26.4. The number of hydrogen-bond donors (Lipinski definition) is 0. The number of methoxy groups -OCH3 is 2. The highest BCUT2D eigenvalue weighted by molar-refractivity contribution is 6.04. The van der Waals surface area contributed by atoms with Gasteiger partial charge in [-0.05, 0) is 54.4 Å². The molecule has 3 aromatic carbocycles. The Morgan fingerprint density at radius 1 is 1.03 bits per heavy atom. The lowest BCUT2D eigenvalue weighted by Crippen LogP contribution is -2.43. The van der Waals surface area contributed by atoms with E-state index in [9.17, 15) is 14.0 Å². The van der Waals surface area contributed by atoms with Crippen molar-refractivity contribution in [3.63, 3.8) is 0 Å². The molecule has 0 spiro atoms. The predicted molar refractivity (Wildman–Crippen MR) is 139 cm³/mol. The van der Waals surface area contributed by atoms with Crippen LogP contribution in [0.5, 0.6) is 5.75 Å². The largest absolute Gasteiger partial charge is 0.497 e. The van der Waals surface area contributed by atoms with Crippen LogP contribution in [0, 0.1) is 12.7 Å². The van der Waals surface area contributed by atoms with Crippen LogP contribution in [0.2, 0.25) is 0 Å². The minimum absolute atomic E-state index is 0.0923. The highest BCUT2D eigenvalue weighted by atomic mass is 19.1. The van der Waals surface area contributed by atoms with Crippen LogP contribution >= 0.6 is 0 Å². The molecule has 0 unspecified atom stereocenters. The number of benzene rings is 3. The summed E-state index contributed by atoms with van der Waals surface area (Å²) in [7, 11) is 3.11. The Balaban J connectivity index is 1.63. The molecule has 3 aromatic rings. The van der Waals surface area contributed by atoms with Gasteiger partial charge in [-0.15, -0.1) is 0 Å². The molecule has 8 heteroatoms. The molecule has 0 aliphatic carbocycles. The van der Waals surface area contributed by atoms with E-state index in [-0.39, 0.29) is 37.2 Å². The maximum Gasteiger partial charge on any atom is 0.262 e. The van der Waals surface area contributed by atoms with Gasteiger partial charge in [0.2, 0.25) is 0 Å². The summed E-state index contributed by atoms with van der Waals surface area (Å²) in [5, 5.41) is 6.14. The molecule has 0 aromatic heterocycles. The van der Waals surface area contributed by atoms with Gasteiger partial charge in [0.1, 0.15) is 18.1 Å². The molecule has 1 heterocycles. The van der Waals surface area contributed by atoms with Crippen LogP contribution in [-0.2, 0) is 9.53 Å². The van der Waals surface area contributed by atoms with Crippen LogP contribution in [0.1, 0.15) is 39.5 Å². The van der Waals surface area contributed by atoms with Crippen molar-refractivity contribution in [3.8, 4) is 5.75 Å². The number of hydrogen-bond acceptors (Lipinski definition) is 5. The third-order valence-corrected chi connectivity index (χ3v) is 6.33. The second kappa shape index (κ2) is 11.8. The SMILES string of the molecule is COCCN(CC(=O)N1N=C(c2ccc(OC)cc2)C[C@@H]1c1ccc(C)cc1)C(=O)c1ccccc1F. The number of hydrazone groups is 1. The number of aryl methyl sites for hydroxylation is 1. The molecule has 1 aliphatic heterocycles. The minimum atomic E-state index is -0.638. The van der Waals surface area contributed by atoms with Crippen molar-refractivity contribution in [2.75, 3.05) is 33.9 Å². The number of halogens is 1. The molecule has 7 nitrogen and oxygen atoms in total. The van der Waals surface area contributed by atoms with Crippen LogP contribution in [0.4, 0.5) is 4.39 Å². The summed E-state index contributed by atoms with van der Waals surface area (Å²) in [5.74, 6) is -0.851. The van der Waals surface area contributed by atoms with E-state index in [0.717, 1.165) is 28.2 Å². The van der Waals surface area contributed by atoms with Crippen molar-refractivity contribution < 1.29 is 23.5 Å². The van der Waals surface area contributed by atoms with Gasteiger partial charge in [-0.2, -0.15) is 5.10 Å². The Morgan fingerprint density at radius 3 is 2.38 bits per heavy atom. The third kappa shape index (κ3) is 6.03. The first-order chi connectivity index (χ1) is 17.9. The number of nitrogens with zero attached hydrogens (tertiary/aromatic N) is 3. The molecule has 2 amide bonds. The van der Waals surface area contributed by atoms with Gasteiger partial charge < -0.3 is 14.4 Å². The summed E-state index contributed by atoms with van der Waals surface area (Å²) in [6, 6.07) is 20.9. The van der Waals surface area contributed by atoms with Gasteiger partial charge in [0.05, 0.1) is 31.0 Å². The van der Waals surface area contributed by atoms with E-state index in [4.69, 9.17) is 14.6 Å². The molecule has 0 saturated carbocycles. The zero-order valence-electron chi connectivity index (χ0n) is 21.2. The summed E-state index contributed by atoms with van der Waals surface area (Å²) in [4.78, 5) is 28.1. The van der Waals surface area contributed by atoms with Gasteiger partial charge >= 0.3 is 0 Å². The molecule has 1 atom stereocenters. The lowest BCUT2D eigenvalue weighted by molar-refractivity contribution is -0.133. The summed E-state index contributed by atoms with van der Waals surface area (Å²) in [5.41, 5.74) is 3.59. The molecule has 0 radical (unpaired) electrons. The molecule has 0 bridgehead atoms. The van der Waals surface area contributed by atoms with Gasteiger partial charge in [-0.3, -0.25) is 9.59 Å². The van der Waals surface area contributed by atoms with Crippen LogP contribution < -0.4 is 4.74 Å². The van der Waals surface area contributed by atoms with Crippen molar-refractivity contribution in [1.82, 2.24) is 9.91 Å². The second-order valence-electron chi connectivity index (χ2n) is 8.84. The van der Waals surface area contributed by atoms with Gasteiger partial charge in [-0.25, -0.2) is 9.40 Å². The molecule has 0 N–H and O–H groups in total. The van der Waals surface area contributed by atoms with Crippen molar-refractivity contribution in [2.45, 2.75) is 19.4 Å². The summed E-state index contributed by atoms with van der Waals surface area (Å²) in [6.07, 6.45) is 0.514. The summed E-state index contributed by atoms with van der Waals surface area (Å²) < 4.78 is 24.8. The second-order valence-corrected chi connectivity index (χ2v) is 8.84. The van der Waals surface area contributed by atoms with Crippen molar-refractivity contribution >= 4 is 17.5 Å². The highest BCUT2D eigenvalue weighted by Crippen LogP contribution is 2.33. The van der Waals surface area contributed by atoms with Gasteiger partial charge in [-0.1, -0.05) is 42.0 Å². The molecule has 0 fully saturated rings. The average molecular weight is 504 g/mol. The van der Waals surface area contributed by atoms with Crippen molar-refractivity contribution in [2.24, 2.45) is 5.10 Å². The maximum absolute atomic E-state index is 14.4. The molecular weight excluding hydrogens is 473 g/mol. The monoisotopic (exact) mass is 503 g/mol. The first-order valence-electron chi connectivity index (χ1n) is 12.0. The Morgan fingerprint density at radius 2 is 1.73 bits per heavy atom. The van der Waals surface area contributed by atoms with E-state index < -0.39 is 11.7 Å². The number of amides is 2. The van der Waals surface area contributed by atoms with E-state index >= 15 is 0 Å². The average Bonchev–Trinajstić information content (AvgIpc) is 3.37. The molecular formula is C29H30FN3O4. The Bertz CT molecular complexity index is 1280. The fraction of sp³-hybridized carbons (Fsp3) is 0.276. The van der Waals surface area contributed by atoms with Crippen LogP contribution in [0.25, 0.3) is 0 Å². The van der Waals surface area contributed by atoms with Gasteiger partial charge in [0.25, 0.3) is 11.8 Å². The van der Waals surface area contributed by atoms with Crippen LogP contribution in [0.3, 0.4) is 0 Å². The molecule has 1 aliphatic rings. The van der Waals surface area contributed by atoms with Gasteiger partial charge in [0.15, 0.2) is 0 Å². The normalized spacial score (nSPS) is 14.9. The highest BCUT2D eigenvalue weighted by Gasteiger charge is 2.34. The van der Waals surface area contributed by atoms with Crippen molar-refractivity contribution in [3.05, 3.63) is 101 Å². The number of carbonyl (C=O) groups is 2. The maximum atomic E-state index is 14.4. The van der Waals surface area contributed by atoms with Crippen LogP contribution in [0.15, 0.2) is 77.9 Å². The number of ether oxygens (including phenoxy) is 2. The van der Waals surface area contributed by atoms with E-state index in [1.807, 2.05) is 55.5 Å². The lowest BCUT2D eigenvalue weighted by atomic mass is 9.97. The lowest BCUT2D eigenvalue weighted by Gasteiger charge is -2.27. The number of carbonyl (C=O) groups excluding carboxylic acids is 2. The smallest absolute Gasteiger partial charge is 0.262 e. The first-order valence-corrected chi connectivity index (χ1v) is 12.0. The fourth-order valence-corrected chi connectivity index (χ4v) is 4.24. The van der Waals surface area contributed by atoms with E-state index in [0.29, 0.717) is 6.42 Å². The molecule has 4 rings (SSSR count). The van der Waals surface area contributed by atoms with Crippen molar-refractivity contribution in [1.29, 1.82) is 0 Å². The van der Waals surface area contributed by atoms with E-state index in [1.165, 1.54) is 35.2 Å².